The second-order valence-corrected chi connectivity index (χ2v) is 7.06. The number of benzene rings is 2. The van der Waals surface area contributed by atoms with Gasteiger partial charge in [-0.05, 0) is 57.4 Å². The number of methoxy groups -OCH3 is 2. The smallest absolute Gasteiger partial charge is 0.175 e. The molecule has 1 heterocycles. The Bertz CT molecular complexity index is 886. The van der Waals surface area contributed by atoms with Gasteiger partial charge in [-0.2, -0.15) is 0 Å². The summed E-state index contributed by atoms with van der Waals surface area (Å²) in [4.78, 5) is 4.11. The highest BCUT2D eigenvalue weighted by Gasteiger charge is 2.12. The molecule has 5 nitrogen and oxygen atoms in total. The van der Waals surface area contributed by atoms with Crippen molar-refractivity contribution < 1.29 is 14.2 Å². The molecule has 0 bridgehead atoms. The van der Waals surface area contributed by atoms with E-state index in [1.54, 1.807) is 26.6 Å². The molecule has 2 aromatic carbocycles. The summed E-state index contributed by atoms with van der Waals surface area (Å²) in [5.74, 6) is 2.24. The lowest BCUT2D eigenvalue weighted by Crippen LogP contribution is -2.13. The van der Waals surface area contributed by atoms with E-state index in [1.807, 2.05) is 36.4 Å². The first-order valence-electron chi connectivity index (χ1n) is 8.91. The van der Waals surface area contributed by atoms with Crippen molar-refractivity contribution in [2.24, 2.45) is 0 Å². The van der Waals surface area contributed by atoms with Crippen LogP contribution in [0, 0.1) is 0 Å². The van der Waals surface area contributed by atoms with E-state index in [1.165, 1.54) is 5.56 Å². The minimum atomic E-state index is 0.428. The third-order valence-corrected chi connectivity index (χ3v) is 4.80. The lowest BCUT2D eigenvalue weighted by Gasteiger charge is -2.15. The third kappa shape index (κ3) is 5.47. The highest BCUT2D eigenvalue weighted by atomic mass is 79.9. The van der Waals surface area contributed by atoms with Gasteiger partial charge in [0.25, 0.3) is 0 Å². The van der Waals surface area contributed by atoms with Gasteiger partial charge in [0.15, 0.2) is 11.5 Å². The Morgan fingerprint density at radius 1 is 0.929 bits per heavy atom. The SMILES string of the molecule is COc1ccc(CNCc2cc(Br)c(OCc3cccnc3)c(OC)c2)cc1. The number of ether oxygens (including phenoxy) is 3. The molecule has 28 heavy (non-hydrogen) atoms. The van der Waals surface area contributed by atoms with E-state index in [0.29, 0.717) is 24.7 Å². The fraction of sp³-hybridized carbons (Fsp3) is 0.227. The molecule has 0 aliphatic heterocycles. The first-order valence-corrected chi connectivity index (χ1v) is 9.70. The Hall–Kier alpha value is -2.57. The normalized spacial score (nSPS) is 10.5. The molecule has 0 aliphatic carbocycles. The minimum Gasteiger partial charge on any atom is -0.497 e. The van der Waals surface area contributed by atoms with E-state index < -0.39 is 0 Å². The molecule has 3 aromatic rings. The Kier molecular flexibility index (Phi) is 7.28. The van der Waals surface area contributed by atoms with Gasteiger partial charge in [-0.25, -0.2) is 0 Å². The monoisotopic (exact) mass is 442 g/mol. The lowest BCUT2D eigenvalue weighted by atomic mass is 10.1. The van der Waals surface area contributed by atoms with Crippen molar-refractivity contribution >= 4 is 15.9 Å². The summed E-state index contributed by atoms with van der Waals surface area (Å²) in [6.45, 7) is 1.91. The van der Waals surface area contributed by atoms with Crippen LogP contribution in [0.25, 0.3) is 0 Å². The number of hydrogen-bond acceptors (Lipinski definition) is 5. The van der Waals surface area contributed by atoms with Crippen LogP contribution in [0.2, 0.25) is 0 Å². The molecule has 0 atom stereocenters. The molecule has 0 saturated heterocycles. The first-order chi connectivity index (χ1) is 13.7. The van der Waals surface area contributed by atoms with E-state index in [0.717, 1.165) is 27.9 Å². The maximum absolute atomic E-state index is 5.95. The van der Waals surface area contributed by atoms with E-state index in [2.05, 4.69) is 38.4 Å². The van der Waals surface area contributed by atoms with Gasteiger partial charge in [-0.15, -0.1) is 0 Å². The highest BCUT2D eigenvalue weighted by molar-refractivity contribution is 9.10. The summed E-state index contributed by atoms with van der Waals surface area (Å²) < 4.78 is 17.5. The number of rotatable bonds is 9. The summed E-state index contributed by atoms with van der Waals surface area (Å²) in [5, 5.41) is 3.45. The zero-order chi connectivity index (χ0) is 19.8. The minimum absolute atomic E-state index is 0.428. The summed E-state index contributed by atoms with van der Waals surface area (Å²) in [6.07, 6.45) is 3.53. The van der Waals surface area contributed by atoms with E-state index >= 15 is 0 Å². The van der Waals surface area contributed by atoms with Crippen LogP contribution in [-0.2, 0) is 19.7 Å². The average molecular weight is 443 g/mol. The molecule has 0 amide bonds. The second kappa shape index (κ2) is 10.1. The molecule has 6 heteroatoms. The van der Waals surface area contributed by atoms with Gasteiger partial charge in [0, 0.05) is 31.0 Å². The van der Waals surface area contributed by atoms with Crippen LogP contribution in [0.15, 0.2) is 65.4 Å². The molecule has 0 radical (unpaired) electrons. The topological polar surface area (TPSA) is 52.6 Å². The molecule has 0 fully saturated rings. The quantitative estimate of drug-likeness (QED) is 0.518. The van der Waals surface area contributed by atoms with Crippen LogP contribution < -0.4 is 19.5 Å². The maximum Gasteiger partial charge on any atom is 0.175 e. The molecule has 1 aromatic heterocycles. The number of pyridine rings is 1. The van der Waals surface area contributed by atoms with Crippen LogP contribution in [-0.4, -0.2) is 19.2 Å². The number of nitrogens with one attached hydrogen (secondary N) is 1. The van der Waals surface area contributed by atoms with Gasteiger partial charge in [0.2, 0.25) is 0 Å². The number of halogens is 1. The molecule has 1 N–H and O–H groups in total. The van der Waals surface area contributed by atoms with Gasteiger partial charge >= 0.3 is 0 Å². The third-order valence-electron chi connectivity index (χ3n) is 4.21. The maximum atomic E-state index is 5.95. The van der Waals surface area contributed by atoms with E-state index in [9.17, 15) is 0 Å². The van der Waals surface area contributed by atoms with Crippen LogP contribution >= 0.6 is 15.9 Å². The molecule has 0 saturated carbocycles. The molecular formula is C22H23BrN2O3. The van der Waals surface area contributed by atoms with Gasteiger partial charge in [0.1, 0.15) is 12.4 Å². The highest BCUT2D eigenvalue weighted by Crippen LogP contribution is 2.37. The molecular weight excluding hydrogens is 420 g/mol. The van der Waals surface area contributed by atoms with Crippen molar-refractivity contribution in [2.75, 3.05) is 14.2 Å². The van der Waals surface area contributed by atoms with Crippen LogP contribution in [0.3, 0.4) is 0 Å². The number of aromatic nitrogens is 1. The fourth-order valence-electron chi connectivity index (χ4n) is 2.75. The Balaban J connectivity index is 1.61. The van der Waals surface area contributed by atoms with Gasteiger partial charge in [-0.3, -0.25) is 4.98 Å². The van der Waals surface area contributed by atoms with Crippen LogP contribution in [0.5, 0.6) is 17.2 Å². The standard InChI is InChI=1S/C22H23BrN2O3/c1-26-19-7-5-16(6-8-19)12-25-14-18-10-20(23)22(21(11-18)27-2)28-15-17-4-3-9-24-13-17/h3-11,13,25H,12,14-15H2,1-2H3. The van der Waals surface area contributed by atoms with Crippen molar-refractivity contribution in [1.82, 2.24) is 10.3 Å². The zero-order valence-corrected chi connectivity index (χ0v) is 17.5. The molecule has 0 aliphatic rings. The Morgan fingerprint density at radius 2 is 1.71 bits per heavy atom. The predicted molar refractivity (Wildman–Crippen MR) is 113 cm³/mol. The van der Waals surface area contributed by atoms with Crippen molar-refractivity contribution in [2.45, 2.75) is 19.7 Å². The molecule has 146 valence electrons. The van der Waals surface area contributed by atoms with Crippen LogP contribution in [0.4, 0.5) is 0 Å². The van der Waals surface area contributed by atoms with Crippen molar-refractivity contribution in [3.8, 4) is 17.2 Å². The Labute approximate surface area is 173 Å². The Morgan fingerprint density at radius 3 is 2.39 bits per heavy atom. The first kappa shape index (κ1) is 20.2. The van der Waals surface area contributed by atoms with Crippen molar-refractivity contribution in [3.63, 3.8) is 0 Å². The molecule has 0 unspecified atom stereocenters. The van der Waals surface area contributed by atoms with Crippen LogP contribution in [0.1, 0.15) is 16.7 Å². The molecule has 3 rings (SSSR count). The van der Waals surface area contributed by atoms with E-state index in [-0.39, 0.29) is 0 Å². The van der Waals surface area contributed by atoms with Gasteiger partial charge in [0.05, 0.1) is 18.7 Å². The predicted octanol–water partition coefficient (Wildman–Crippen LogP) is 4.73. The lowest BCUT2D eigenvalue weighted by molar-refractivity contribution is 0.282. The summed E-state index contributed by atoms with van der Waals surface area (Å²) in [7, 11) is 3.32. The zero-order valence-electron chi connectivity index (χ0n) is 15.9. The van der Waals surface area contributed by atoms with Gasteiger partial charge in [-0.1, -0.05) is 18.2 Å². The number of nitrogens with zero attached hydrogens (tertiary/aromatic N) is 1. The summed E-state index contributed by atoms with van der Waals surface area (Å²) in [5.41, 5.74) is 3.30. The van der Waals surface area contributed by atoms with Crippen molar-refractivity contribution in [1.29, 1.82) is 0 Å². The van der Waals surface area contributed by atoms with Gasteiger partial charge < -0.3 is 19.5 Å². The molecule has 0 spiro atoms. The van der Waals surface area contributed by atoms with Crippen molar-refractivity contribution in [3.05, 3.63) is 82.1 Å². The largest absolute Gasteiger partial charge is 0.497 e. The fourth-order valence-corrected chi connectivity index (χ4v) is 3.35. The summed E-state index contributed by atoms with van der Waals surface area (Å²) >= 11 is 3.60. The second-order valence-electron chi connectivity index (χ2n) is 6.21. The summed E-state index contributed by atoms with van der Waals surface area (Å²) in [6, 6.07) is 15.9. The van der Waals surface area contributed by atoms with E-state index in [4.69, 9.17) is 14.2 Å². The average Bonchev–Trinajstić information content (AvgIpc) is 2.74. The number of hydrogen-bond donors (Lipinski definition) is 1.